The molecular weight excluding hydrogens is 342 g/mol. The summed E-state index contributed by atoms with van der Waals surface area (Å²) in [6.07, 6.45) is 3.80. The molecule has 0 radical (unpaired) electrons. The molecule has 0 unspecified atom stereocenters. The van der Waals surface area contributed by atoms with E-state index < -0.39 is 0 Å². The minimum atomic E-state index is 0.0343. The fourth-order valence-corrected chi connectivity index (χ4v) is 3.29. The molecule has 0 aliphatic heterocycles. The Morgan fingerprint density at radius 3 is 2.80 bits per heavy atom. The molecule has 1 heterocycles. The van der Waals surface area contributed by atoms with Gasteiger partial charge in [0, 0.05) is 11.0 Å². The summed E-state index contributed by atoms with van der Waals surface area (Å²) in [4.78, 5) is 12.4. The molecule has 1 aliphatic carbocycles. The largest absolute Gasteiger partial charge is 0.351 e. The summed E-state index contributed by atoms with van der Waals surface area (Å²) in [5.41, 5.74) is 0. The van der Waals surface area contributed by atoms with Gasteiger partial charge in [0.1, 0.15) is 0 Å². The monoisotopic (exact) mass is 351 g/mol. The summed E-state index contributed by atoms with van der Waals surface area (Å²) < 4.78 is 1.91. The zero-order chi connectivity index (χ0) is 10.8. The molecule has 2 rings (SSSR count). The van der Waals surface area contributed by atoms with Crippen molar-refractivity contribution in [1.29, 1.82) is 0 Å². The first-order chi connectivity index (χ1) is 7.16. The highest BCUT2D eigenvalue weighted by Gasteiger charge is 2.21. The van der Waals surface area contributed by atoms with Crippen LogP contribution >= 0.6 is 43.2 Å². The minimum Gasteiger partial charge on any atom is -0.351 e. The zero-order valence-corrected chi connectivity index (χ0v) is 12.0. The molecule has 0 bridgehead atoms. The molecule has 1 amide bonds. The second-order valence-corrected chi connectivity index (χ2v) is 6.94. The van der Waals surface area contributed by atoms with Crippen molar-refractivity contribution in [2.24, 2.45) is 5.92 Å². The van der Waals surface area contributed by atoms with E-state index in [0.29, 0.717) is 0 Å². The smallest absolute Gasteiger partial charge is 0.261 e. The molecule has 1 aromatic heterocycles. The summed E-state index contributed by atoms with van der Waals surface area (Å²) in [6, 6.07) is 1.85. The summed E-state index contributed by atoms with van der Waals surface area (Å²) in [5, 5.41) is 2.94. The SMILES string of the molecule is O=C(NCCC1CC1)c1cc(Br)c(Br)s1. The number of halogens is 2. The Labute approximate surface area is 110 Å². The predicted octanol–water partition coefficient (Wildman–Crippen LogP) is 3.80. The Bertz CT molecular complexity index is 354. The first kappa shape index (κ1) is 11.6. The highest BCUT2D eigenvalue weighted by atomic mass is 79.9. The number of carbonyl (C=O) groups is 1. The molecule has 0 spiro atoms. The number of hydrogen-bond acceptors (Lipinski definition) is 2. The van der Waals surface area contributed by atoms with Crippen LogP contribution in [0, 0.1) is 5.92 Å². The van der Waals surface area contributed by atoms with Crippen LogP contribution in [0.4, 0.5) is 0 Å². The molecule has 1 N–H and O–H groups in total. The maximum atomic E-state index is 11.7. The Hall–Kier alpha value is 0.130. The Morgan fingerprint density at radius 2 is 2.27 bits per heavy atom. The van der Waals surface area contributed by atoms with Crippen LogP contribution in [0.2, 0.25) is 0 Å². The van der Waals surface area contributed by atoms with Crippen molar-refractivity contribution in [3.63, 3.8) is 0 Å². The van der Waals surface area contributed by atoms with Crippen molar-refractivity contribution < 1.29 is 4.79 Å². The molecule has 0 atom stereocenters. The van der Waals surface area contributed by atoms with Crippen molar-refractivity contribution >= 4 is 49.1 Å². The van der Waals surface area contributed by atoms with Gasteiger partial charge in [0.05, 0.1) is 8.66 Å². The molecule has 82 valence electrons. The quantitative estimate of drug-likeness (QED) is 0.877. The first-order valence-electron chi connectivity index (χ1n) is 4.90. The average Bonchev–Trinajstić information content (AvgIpc) is 2.94. The summed E-state index contributed by atoms with van der Waals surface area (Å²) in [6.45, 7) is 0.802. The number of hydrogen-bond donors (Lipinski definition) is 1. The lowest BCUT2D eigenvalue weighted by Crippen LogP contribution is -2.23. The molecule has 0 saturated heterocycles. The third-order valence-electron chi connectivity index (χ3n) is 2.40. The van der Waals surface area contributed by atoms with Crippen LogP contribution in [0.3, 0.4) is 0 Å². The van der Waals surface area contributed by atoms with E-state index in [1.54, 1.807) is 0 Å². The van der Waals surface area contributed by atoms with Crippen LogP contribution in [-0.4, -0.2) is 12.5 Å². The Kier molecular flexibility index (Phi) is 3.85. The maximum absolute atomic E-state index is 11.7. The minimum absolute atomic E-state index is 0.0343. The molecular formula is C10H11Br2NOS. The summed E-state index contributed by atoms with van der Waals surface area (Å²) in [5.74, 6) is 0.902. The second kappa shape index (κ2) is 4.97. The molecule has 0 aromatic carbocycles. The summed E-state index contributed by atoms with van der Waals surface area (Å²) in [7, 11) is 0. The van der Waals surface area contributed by atoms with Crippen molar-refractivity contribution in [3.8, 4) is 0 Å². The van der Waals surface area contributed by atoms with E-state index in [1.807, 2.05) is 6.07 Å². The number of thiophene rings is 1. The van der Waals surface area contributed by atoms with Crippen molar-refractivity contribution in [2.45, 2.75) is 19.3 Å². The van der Waals surface area contributed by atoms with Crippen molar-refractivity contribution in [2.75, 3.05) is 6.54 Å². The topological polar surface area (TPSA) is 29.1 Å². The van der Waals surface area contributed by atoms with E-state index in [1.165, 1.54) is 24.2 Å². The van der Waals surface area contributed by atoms with Gasteiger partial charge in [-0.3, -0.25) is 4.79 Å². The van der Waals surface area contributed by atoms with Crippen molar-refractivity contribution in [3.05, 3.63) is 19.2 Å². The second-order valence-electron chi connectivity index (χ2n) is 3.72. The molecule has 1 saturated carbocycles. The van der Waals surface area contributed by atoms with Crippen molar-refractivity contribution in [1.82, 2.24) is 5.32 Å². The van der Waals surface area contributed by atoms with E-state index in [2.05, 4.69) is 37.2 Å². The molecule has 1 fully saturated rings. The summed E-state index contributed by atoms with van der Waals surface area (Å²) >= 11 is 8.20. The zero-order valence-electron chi connectivity index (χ0n) is 8.06. The van der Waals surface area contributed by atoms with E-state index in [4.69, 9.17) is 0 Å². The average molecular weight is 353 g/mol. The van der Waals surface area contributed by atoms with Gasteiger partial charge >= 0.3 is 0 Å². The molecule has 5 heteroatoms. The lowest BCUT2D eigenvalue weighted by molar-refractivity contribution is 0.0956. The first-order valence-corrected chi connectivity index (χ1v) is 7.30. The fraction of sp³-hybridized carbons (Fsp3) is 0.500. The number of amides is 1. The van der Waals surface area contributed by atoms with Crippen LogP contribution in [-0.2, 0) is 0 Å². The lowest BCUT2D eigenvalue weighted by atomic mass is 10.3. The van der Waals surface area contributed by atoms with Gasteiger partial charge in [-0.05, 0) is 50.3 Å². The predicted molar refractivity (Wildman–Crippen MR) is 69.4 cm³/mol. The van der Waals surface area contributed by atoms with Gasteiger partial charge in [-0.2, -0.15) is 0 Å². The van der Waals surface area contributed by atoms with Gasteiger partial charge < -0.3 is 5.32 Å². The van der Waals surface area contributed by atoms with Gasteiger partial charge in [0.25, 0.3) is 5.91 Å². The number of carbonyl (C=O) groups excluding carboxylic acids is 1. The molecule has 1 aliphatic rings. The van der Waals surface area contributed by atoms with Crippen LogP contribution in [0.15, 0.2) is 14.3 Å². The van der Waals surface area contributed by atoms with Crippen LogP contribution in [0.1, 0.15) is 28.9 Å². The third-order valence-corrected chi connectivity index (χ3v) is 5.66. The number of nitrogens with one attached hydrogen (secondary N) is 1. The Balaban J connectivity index is 1.83. The number of rotatable bonds is 4. The standard InChI is InChI=1S/C10H11Br2NOS/c11-7-5-8(15-9(7)12)10(14)13-4-3-6-1-2-6/h5-6H,1-4H2,(H,13,14). The molecule has 1 aromatic rings. The van der Waals surface area contributed by atoms with Crippen LogP contribution in [0.5, 0.6) is 0 Å². The van der Waals surface area contributed by atoms with E-state index in [0.717, 1.165) is 32.0 Å². The van der Waals surface area contributed by atoms with E-state index >= 15 is 0 Å². The van der Waals surface area contributed by atoms with Gasteiger partial charge in [0.2, 0.25) is 0 Å². The fourth-order valence-electron chi connectivity index (χ4n) is 1.34. The van der Waals surface area contributed by atoms with E-state index in [9.17, 15) is 4.79 Å². The normalized spacial score (nSPS) is 15.3. The van der Waals surface area contributed by atoms with E-state index in [-0.39, 0.29) is 5.91 Å². The highest BCUT2D eigenvalue weighted by Crippen LogP contribution is 2.33. The van der Waals surface area contributed by atoms with Crippen LogP contribution in [0.25, 0.3) is 0 Å². The van der Waals surface area contributed by atoms with Gasteiger partial charge in [-0.15, -0.1) is 11.3 Å². The Morgan fingerprint density at radius 1 is 1.53 bits per heavy atom. The molecule has 15 heavy (non-hydrogen) atoms. The molecule has 2 nitrogen and oxygen atoms in total. The lowest BCUT2D eigenvalue weighted by Gasteiger charge is -2.01. The third kappa shape index (κ3) is 3.29. The maximum Gasteiger partial charge on any atom is 0.261 e. The van der Waals surface area contributed by atoms with Crippen LogP contribution < -0.4 is 5.32 Å². The van der Waals surface area contributed by atoms with Gasteiger partial charge in [-0.25, -0.2) is 0 Å². The van der Waals surface area contributed by atoms with Gasteiger partial charge in [0.15, 0.2) is 0 Å². The van der Waals surface area contributed by atoms with Gasteiger partial charge in [-0.1, -0.05) is 12.8 Å². The highest BCUT2D eigenvalue weighted by molar-refractivity contribution is 9.13.